The minimum atomic E-state index is -4.53. The summed E-state index contributed by atoms with van der Waals surface area (Å²) in [6, 6.07) is 6.47. The molecule has 1 aromatic carbocycles. The highest BCUT2D eigenvalue weighted by atomic mass is 32.1. The van der Waals surface area contributed by atoms with Crippen LogP contribution >= 0.6 is 11.3 Å². The summed E-state index contributed by atoms with van der Waals surface area (Å²) >= 11 is 1.54. The van der Waals surface area contributed by atoms with E-state index in [9.17, 15) is 13.2 Å². The number of aromatic nitrogens is 5. The molecule has 1 aliphatic carbocycles. The molecule has 3 aromatic heterocycles. The van der Waals surface area contributed by atoms with Crippen LogP contribution in [0.15, 0.2) is 47.5 Å². The van der Waals surface area contributed by atoms with E-state index in [-0.39, 0.29) is 11.4 Å². The number of hydrogen-bond donors (Lipinski definition) is 1. The van der Waals surface area contributed by atoms with Crippen LogP contribution in [0.2, 0.25) is 0 Å². The van der Waals surface area contributed by atoms with Crippen molar-refractivity contribution >= 4 is 23.0 Å². The van der Waals surface area contributed by atoms with E-state index >= 15 is 0 Å². The van der Waals surface area contributed by atoms with Crippen LogP contribution in [-0.4, -0.2) is 25.1 Å². The van der Waals surface area contributed by atoms with Crippen molar-refractivity contribution in [1.82, 2.24) is 25.1 Å². The first-order valence-corrected chi connectivity index (χ1v) is 10.2. The van der Waals surface area contributed by atoms with Gasteiger partial charge in [0.1, 0.15) is 16.1 Å². The molecule has 1 aliphatic rings. The van der Waals surface area contributed by atoms with Crippen LogP contribution in [0.3, 0.4) is 0 Å². The van der Waals surface area contributed by atoms with Crippen LogP contribution in [0.5, 0.6) is 0 Å². The zero-order valence-electron chi connectivity index (χ0n) is 16.1. The lowest BCUT2D eigenvalue weighted by atomic mass is 10.1. The molecular formula is C20H15F3N6OS. The Bertz CT molecular complexity index is 1230. The first kappa shape index (κ1) is 19.6. The molecule has 4 aromatic rings. The van der Waals surface area contributed by atoms with Crippen LogP contribution in [0.4, 0.5) is 24.8 Å². The molecular weight excluding hydrogens is 429 g/mol. The molecule has 31 heavy (non-hydrogen) atoms. The van der Waals surface area contributed by atoms with Crippen molar-refractivity contribution in [2.24, 2.45) is 0 Å². The van der Waals surface area contributed by atoms with Crippen molar-refractivity contribution in [2.45, 2.75) is 31.4 Å². The minimum Gasteiger partial charge on any atom is -0.427 e. The lowest BCUT2D eigenvalue weighted by Gasteiger charge is -2.10. The molecule has 158 valence electrons. The van der Waals surface area contributed by atoms with E-state index in [0.717, 1.165) is 46.1 Å². The fraction of sp³-hybridized carbons (Fsp3) is 0.250. The Hall–Kier alpha value is -3.34. The average molecular weight is 444 g/mol. The molecule has 0 amide bonds. The van der Waals surface area contributed by atoms with E-state index in [2.05, 4.69) is 30.5 Å². The number of benzene rings is 1. The van der Waals surface area contributed by atoms with Gasteiger partial charge in [-0.05, 0) is 49.1 Å². The molecule has 0 atom stereocenters. The molecule has 1 fully saturated rings. The molecule has 0 spiro atoms. The number of alkyl halides is 3. The van der Waals surface area contributed by atoms with Gasteiger partial charge in [-0.15, -0.1) is 21.5 Å². The molecule has 0 saturated heterocycles. The quantitative estimate of drug-likeness (QED) is 0.456. The Morgan fingerprint density at radius 3 is 2.71 bits per heavy atom. The summed E-state index contributed by atoms with van der Waals surface area (Å²) in [7, 11) is 0. The fourth-order valence-electron chi connectivity index (χ4n) is 3.36. The Kier molecular flexibility index (Phi) is 4.50. The molecule has 7 nitrogen and oxygen atoms in total. The van der Waals surface area contributed by atoms with Gasteiger partial charge >= 0.3 is 6.18 Å². The van der Waals surface area contributed by atoms with Crippen LogP contribution in [0, 0.1) is 6.92 Å². The number of thiazole rings is 1. The van der Waals surface area contributed by atoms with Crippen molar-refractivity contribution in [1.29, 1.82) is 0 Å². The van der Waals surface area contributed by atoms with Crippen LogP contribution in [-0.2, 0) is 11.6 Å². The maximum absolute atomic E-state index is 12.9. The number of hydrogen-bond acceptors (Lipinski definition) is 8. The summed E-state index contributed by atoms with van der Waals surface area (Å²) in [6.07, 6.45) is 1.45. The zero-order valence-corrected chi connectivity index (χ0v) is 17.0. The van der Waals surface area contributed by atoms with E-state index in [1.807, 2.05) is 25.1 Å². The van der Waals surface area contributed by atoms with Gasteiger partial charge in [0.05, 0.1) is 4.88 Å². The predicted octanol–water partition coefficient (Wildman–Crippen LogP) is 5.13. The van der Waals surface area contributed by atoms with E-state index in [1.54, 1.807) is 6.20 Å². The normalized spacial score (nSPS) is 15.1. The van der Waals surface area contributed by atoms with Crippen molar-refractivity contribution in [3.63, 3.8) is 0 Å². The van der Waals surface area contributed by atoms with Gasteiger partial charge < -0.3 is 9.73 Å². The van der Waals surface area contributed by atoms with Gasteiger partial charge in [-0.1, -0.05) is 6.07 Å². The minimum absolute atomic E-state index is 0.121. The maximum atomic E-state index is 12.9. The molecule has 0 aliphatic heterocycles. The first-order valence-electron chi connectivity index (χ1n) is 9.36. The second-order valence-corrected chi connectivity index (χ2v) is 8.36. The third-order valence-corrected chi connectivity index (χ3v) is 6.25. The monoisotopic (exact) mass is 444 g/mol. The molecule has 11 heteroatoms. The number of halogens is 3. The van der Waals surface area contributed by atoms with Gasteiger partial charge in [-0.2, -0.15) is 13.2 Å². The number of aryl methyl sites for hydroxylation is 1. The summed E-state index contributed by atoms with van der Waals surface area (Å²) in [5.41, 5.74) is 1.10. The Labute approximate surface area is 178 Å². The van der Waals surface area contributed by atoms with E-state index in [0.29, 0.717) is 11.6 Å². The van der Waals surface area contributed by atoms with Gasteiger partial charge in [-0.3, -0.25) is 0 Å². The second-order valence-electron chi connectivity index (χ2n) is 7.33. The van der Waals surface area contributed by atoms with E-state index in [1.165, 1.54) is 17.7 Å². The molecule has 3 heterocycles. The number of rotatable bonds is 5. The smallest absolute Gasteiger partial charge is 0.427 e. The summed E-state index contributed by atoms with van der Waals surface area (Å²) in [4.78, 5) is 13.0. The van der Waals surface area contributed by atoms with Crippen LogP contribution in [0.1, 0.15) is 35.0 Å². The van der Waals surface area contributed by atoms with Gasteiger partial charge in [0, 0.05) is 18.1 Å². The largest absolute Gasteiger partial charge is 0.433 e. The van der Waals surface area contributed by atoms with Crippen molar-refractivity contribution in [3.05, 3.63) is 65.2 Å². The fourth-order valence-corrected chi connectivity index (χ4v) is 4.50. The lowest BCUT2D eigenvalue weighted by molar-refractivity contribution is -0.141. The summed E-state index contributed by atoms with van der Waals surface area (Å²) < 4.78 is 44.2. The number of nitrogens with zero attached hydrogens (tertiary/aromatic N) is 5. The van der Waals surface area contributed by atoms with E-state index < -0.39 is 11.9 Å². The second kappa shape index (κ2) is 7.12. The van der Waals surface area contributed by atoms with Gasteiger partial charge in [-0.25, -0.2) is 15.0 Å². The highest BCUT2D eigenvalue weighted by Gasteiger charge is 2.53. The molecule has 0 unspecified atom stereocenters. The summed E-state index contributed by atoms with van der Waals surface area (Å²) in [5, 5.41) is 11.6. The molecule has 0 bridgehead atoms. The number of anilines is 2. The topological polar surface area (TPSA) is 89.6 Å². The molecule has 0 radical (unpaired) electrons. The molecule has 1 saturated carbocycles. The molecule has 1 N–H and O–H groups in total. The SMILES string of the molecule is Cc1cc(Nc2nccc(C(F)(F)F)n2)cc(-c2cnc(C3(c4nnco4)CC3)s2)c1. The third-order valence-electron chi connectivity index (χ3n) is 5.00. The standard InChI is InChI=1S/C20H15F3N6OS/c1-11-6-12(8-13(7-11)27-18-24-5-2-15(28-18)20(21,22)23)14-9-25-17(31-14)19(3-4-19)16-29-26-10-30-16/h2,5-10H,3-4H2,1H3,(H,24,27,28). The first-order chi connectivity index (χ1) is 14.8. The Morgan fingerprint density at radius 2 is 2.00 bits per heavy atom. The maximum Gasteiger partial charge on any atom is 0.433 e. The summed E-state index contributed by atoms with van der Waals surface area (Å²) in [6.45, 7) is 1.91. The Balaban J connectivity index is 1.43. The predicted molar refractivity (Wildman–Crippen MR) is 107 cm³/mol. The van der Waals surface area contributed by atoms with Crippen molar-refractivity contribution < 1.29 is 17.6 Å². The highest BCUT2D eigenvalue weighted by Crippen LogP contribution is 2.54. The van der Waals surface area contributed by atoms with Crippen molar-refractivity contribution in [2.75, 3.05) is 5.32 Å². The zero-order chi connectivity index (χ0) is 21.6. The number of nitrogens with one attached hydrogen (secondary N) is 1. The van der Waals surface area contributed by atoms with Gasteiger partial charge in [0.2, 0.25) is 18.2 Å². The van der Waals surface area contributed by atoms with Crippen LogP contribution in [0.25, 0.3) is 10.4 Å². The van der Waals surface area contributed by atoms with Crippen molar-refractivity contribution in [3.8, 4) is 10.4 Å². The van der Waals surface area contributed by atoms with Crippen LogP contribution < -0.4 is 5.32 Å². The lowest BCUT2D eigenvalue weighted by Crippen LogP contribution is -2.10. The van der Waals surface area contributed by atoms with Gasteiger partial charge in [0.25, 0.3) is 0 Å². The Morgan fingerprint density at radius 1 is 1.16 bits per heavy atom. The highest BCUT2D eigenvalue weighted by molar-refractivity contribution is 7.15. The van der Waals surface area contributed by atoms with Gasteiger partial charge in [0.15, 0.2) is 0 Å². The van der Waals surface area contributed by atoms with E-state index in [4.69, 9.17) is 4.42 Å². The third kappa shape index (κ3) is 3.76. The average Bonchev–Trinajstić information content (AvgIpc) is 3.15. The summed E-state index contributed by atoms with van der Waals surface area (Å²) in [5.74, 6) is 0.450. The molecule has 5 rings (SSSR count).